The van der Waals surface area contributed by atoms with Crippen molar-refractivity contribution in [2.45, 2.75) is 18.8 Å². The SMILES string of the molecule is O=C(O)C(F)(F)CCc1ccccc1Br. The van der Waals surface area contributed by atoms with E-state index in [4.69, 9.17) is 5.11 Å². The summed E-state index contributed by atoms with van der Waals surface area (Å²) in [4.78, 5) is 10.2. The number of halogens is 3. The molecule has 0 amide bonds. The molecule has 0 radical (unpaired) electrons. The molecular formula is C10H9BrF2O2. The van der Waals surface area contributed by atoms with Crippen LogP contribution in [0.3, 0.4) is 0 Å². The third-order valence-corrected chi connectivity index (χ3v) is 2.75. The molecule has 0 fully saturated rings. The van der Waals surface area contributed by atoms with Gasteiger partial charge in [-0.15, -0.1) is 0 Å². The molecule has 1 rings (SSSR count). The Labute approximate surface area is 94.0 Å². The highest BCUT2D eigenvalue weighted by atomic mass is 79.9. The summed E-state index contributed by atoms with van der Waals surface area (Å²) in [6, 6.07) is 6.90. The number of rotatable bonds is 4. The van der Waals surface area contributed by atoms with Gasteiger partial charge in [-0.3, -0.25) is 0 Å². The second kappa shape index (κ2) is 4.70. The van der Waals surface area contributed by atoms with Gasteiger partial charge in [-0.05, 0) is 18.1 Å². The molecule has 0 saturated heterocycles. The van der Waals surface area contributed by atoms with Gasteiger partial charge in [0, 0.05) is 10.9 Å². The summed E-state index contributed by atoms with van der Waals surface area (Å²) in [5.74, 6) is -5.73. The van der Waals surface area contributed by atoms with Crippen LogP contribution in [0.4, 0.5) is 8.78 Å². The summed E-state index contributed by atoms with van der Waals surface area (Å²) >= 11 is 3.21. The first kappa shape index (κ1) is 12.1. The molecule has 0 unspecified atom stereocenters. The summed E-state index contributed by atoms with van der Waals surface area (Å²) in [6.45, 7) is 0. The van der Waals surface area contributed by atoms with E-state index in [0.29, 0.717) is 10.0 Å². The van der Waals surface area contributed by atoms with E-state index in [1.54, 1.807) is 24.3 Å². The molecule has 0 atom stereocenters. The van der Waals surface area contributed by atoms with E-state index in [0.717, 1.165) is 0 Å². The smallest absolute Gasteiger partial charge is 0.374 e. The Morgan fingerprint density at radius 1 is 1.40 bits per heavy atom. The molecule has 2 nitrogen and oxygen atoms in total. The second-order valence-electron chi connectivity index (χ2n) is 3.10. The molecule has 0 spiro atoms. The minimum Gasteiger partial charge on any atom is -0.477 e. The zero-order valence-corrected chi connectivity index (χ0v) is 9.30. The van der Waals surface area contributed by atoms with Crippen LogP contribution in [0.1, 0.15) is 12.0 Å². The summed E-state index contributed by atoms with van der Waals surface area (Å²) < 4.78 is 26.2. The number of carbonyl (C=O) groups is 1. The third-order valence-electron chi connectivity index (χ3n) is 1.98. The van der Waals surface area contributed by atoms with Gasteiger partial charge in [0.1, 0.15) is 0 Å². The number of hydrogen-bond donors (Lipinski definition) is 1. The minimum atomic E-state index is -3.66. The van der Waals surface area contributed by atoms with Crippen LogP contribution in [-0.2, 0) is 11.2 Å². The van der Waals surface area contributed by atoms with Crippen LogP contribution in [-0.4, -0.2) is 17.0 Å². The molecule has 82 valence electrons. The maximum absolute atomic E-state index is 12.7. The number of hydrogen-bond acceptors (Lipinski definition) is 1. The van der Waals surface area contributed by atoms with Gasteiger partial charge in [0.15, 0.2) is 0 Å². The first-order valence-electron chi connectivity index (χ1n) is 4.28. The fourth-order valence-corrected chi connectivity index (χ4v) is 1.58. The summed E-state index contributed by atoms with van der Waals surface area (Å²) in [5, 5.41) is 8.23. The molecule has 0 heterocycles. The Hall–Kier alpha value is -0.970. The van der Waals surface area contributed by atoms with Gasteiger partial charge in [-0.1, -0.05) is 34.1 Å². The van der Waals surface area contributed by atoms with E-state index in [1.165, 1.54) is 0 Å². The van der Waals surface area contributed by atoms with Crippen LogP contribution in [0.5, 0.6) is 0 Å². The maximum Gasteiger partial charge on any atom is 0.374 e. The van der Waals surface area contributed by atoms with E-state index in [-0.39, 0.29) is 6.42 Å². The van der Waals surface area contributed by atoms with Crippen molar-refractivity contribution in [2.75, 3.05) is 0 Å². The average molecular weight is 279 g/mol. The maximum atomic E-state index is 12.7. The molecule has 1 aromatic rings. The van der Waals surface area contributed by atoms with E-state index in [2.05, 4.69) is 15.9 Å². The lowest BCUT2D eigenvalue weighted by Crippen LogP contribution is -2.28. The normalized spacial score (nSPS) is 11.4. The van der Waals surface area contributed by atoms with Gasteiger partial charge in [0.2, 0.25) is 0 Å². The predicted molar refractivity (Wildman–Crippen MR) is 55.0 cm³/mol. The lowest BCUT2D eigenvalue weighted by atomic mass is 10.1. The highest BCUT2D eigenvalue weighted by Gasteiger charge is 2.38. The van der Waals surface area contributed by atoms with Gasteiger partial charge in [0.05, 0.1) is 0 Å². The van der Waals surface area contributed by atoms with Crippen molar-refractivity contribution in [3.63, 3.8) is 0 Å². The molecule has 0 aliphatic heterocycles. The molecule has 0 aliphatic carbocycles. The number of benzene rings is 1. The van der Waals surface area contributed by atoms with Gasteiger partial charge in [-0.25, -0.2) is 4.79 Å². The van der Waals surface area contributed by atoms with E-state index in [9.17, 15) is 13.6 Å². The van der Waals surface area contributed by atoms with Crippen molar-refractivity contribution in [1.29, 1.82) is 0 Å². The lowest BCUT2D eigenvalue weighted by molar-refractivity contribution is -0.165. The van der Waals surface area contributed by atoms with E-state index < -0.39 is 18.3 Å². The van der Waals surface area contributed by atoms with Crippen LogP contribution in [0, 0.1) is 0 Å². The first-order valence-corrected chi connectivity index (χ1v) is 5.07. The van der Waals surface area contributed by atoms with Crippen LogP contribution in [0.15, 0.2) is 28.7 Å². The topological polar surface area (TPSA) is 37.3 Å². The number of carboxylic acids is 1. The highest BCUT2D eigenvalue weighted by molar-refractivity contribution is 9.10. The zero-order valence-electron chi connectivity index (χ0n) is 7.71. The first-order chi connectivity index (χ1) is 6.93. The Morgan fingerprint density at radius 3 is 2.53 bits per heavy atom. The third kappa shape index (κ3) is 3.27. The van der Waals surface area contributed by atoms with E-state index >= 15 is 0 Å². The van der Waals surface area contributed by atoms with Crippen molar-refractivity contribution >= 4 is 21.9 Å². The van der Waals surface area contributed by atoms with Gasteiger partial charge in [0.25, 0.3) is 0 Å². The summed E-state index contributed by atoms with van der Waals surface area (Å²) in [5.41, 5.74) is 0.679. The van der Waals surface area contributed by atoms with Crippen LogP contribution in [0.25, 0.3) is 0 Å². The molecule has 5 heteroatoms. The summed E-state index contributed by atoms with van der Waals surface area (Å²) in [6.07, 6.45) is -0.661. The van der Waals surface area contributed by atoms with Crippen LogP contribution in [0.2, 0.25) is 0 Å². The fourth-order valence-electron chi connectivity index (χ4n) is 1.10. The number of aryl methyl sites for hydroxylation is 1. The van der Waals surface area contributed by atoms with E-state index in [1.807, 2.05) is 0 Å². The van der Waals surface area contributed by atoms with Crippen molar-refractivity contribution in [3.8, 4) is 0 Å². The number of aliphatic carboxylic acids is 1. The van der Waals surface area contributed by atoms with Crippen molar-refractivity contribution in [3.05, 3.63) is 34.3 Å². The lowest BCUT2D eigenvalue weighted by Gasteiger charge is -2.11. The Bertz CT molecular complexity index is 366. The van der Waals surface area contributed by atoms with Gasteiger partial charge < -0.3 is 5.11 Å². The molecule has 1 aromatic carbocycles. The molecular weight excluding hydrogens is 270 g/mol. The molecule has 1 N–H and O–H groups in total. The van der Waals surface area contributed by atoms with Crippen LogP contribution < -0.4 is 0 Å². The molecule has 0 aromatic heterocycles. The minimum absolute atomic E-state index is 0.0285. The van der Waals surface area contributed by atoms with Gasteiger partial charge >= 0.3 is 11.9 Å². The zero-order chi connectivity index (χ0) is 11.5. The fraction of sp³-hybridized carbons (Fsp3) is 0.300. The van der Waals surface area contributed by atoms with Crippen molar-refractivity contribution < 1.29 is 18.7 Å². The molecule has 0 aliphatic rings. The second-order valence-corrected chi connectivity index (χ2v) is 3.96. The van der Waals surface area contributed by atoms with Crippen LogP contribution >= 0.6 is 15.9 Å². The Morgan fingerprint density at radius 2 is 2.00 bits per heavy atom. The highest BCUT2D eigenvalue weighted by Crippen LogP contribution is 2.24. The van der Waals surface area contributed by atoms with Crippen molar-refractivity contribution in [2.24, 2.45) is 0 Å². The quantitative estimate of drug-likeness (QED) is 0.919. The number of carboxylic acid groups (broad SMARTS) is 1. The molecule has 0 saturated carbocycles. The number of alkyl halides is 2. The largest absolute Gasteiger partial charge is 0.477 e. The van der Waals surface area contributed by atoms with Gasteiger partial charge in [-0.2, -0.15) is 8.78 Å². The average Bonchev–Trinajstić information content (AvgIpc) is 2.16. The standard InChI is InChI=1S/C10H9BrF2O2/c11-8-4-2-1-3-7(8)5-6-10(12,13)9(14)15/h1-4H,5-6H2,(H,14,15). The monoisotopic (exact) mass is 278 g/mol. The Kier molecular flexibility index (Phi) is 3.79. The molecule has 0 bridgehead atoms. The Balaban J connectivity index is 2.66. The predicted octanol–water partition coefficient (Wildman–Crippen LogP) is 3.10. The molecule has 15 heavy (non-hydrogen) atoms. The summed E-state index contributed by atoms with van der Waals surface area (Å²) in [7, 11) is 0. The van der Waals surface area contributed by atoms with Crippen molar-refractivity contribution in [1.82, 2.24) is 0 Å².